The fraction of sp³-hybridized carbons (Fsp3) is 0.273. The predicted octanol–water partition coefficient (Wildman–Crippen LogP) is 3.02. The van der Waals surface area contributed by atoms with E-state index in [0.717, 1.165) is 18.2 Å². The number of hydrogen-bond donors (Lipinski definition) is 2. The van der Waals surface area contributed by atoms with Crippen molar-refractivity contribution in [1.82, 2.24) is 14.9 Å². The van der Waals surface area contributed by atoms with Crippen molar-refractivity contribution in [3.05, 3.63) is 52.8 Å². The highest BCUT2D eigenvalue weighted by Gasteiger charge is 2.16. The minimum atomic E-state index is -0.662. The molecule has 166 valence electrons. The largest absolute Gasteiger partial charge is 0.486 e. The first-order valence-electron chi connectivity index (χ1n) is 10.2. The van der Waals surface area contributed by atoms with E-state index >= 15 is 0 Å². The van der Waals surface area contributed by atoms with Crippen molar-refractivity contribution in [1.29, 1.82) is 0 Å². The molecule has 0 bridgehead atoms. The third-order valence-corrected chi connectivity index (χ3v) is 5.64. The highest BCUT2D eigenvalue weighted by molar-refractivity contribution is 7.99. The Bertz CT molecular complexity index is 1230. The number of anilines is 1. The maximum absolute atomic E-state index is 12.8. The molecule has 10 heteroatoms. The Labute approximate surface area is 188 Å². The summed E-state index contributed by atoms with van der Waals surface area (Å²) in [5.74, 6) is 0.571. The number of fused-ring (bicyclic) bond motifs is 2. The molecule has 0 atom stereocenters. The van der Waals surface area contributed by atoms with Gasteiger partial charge >= 0.3 is 6.03 Å². The van der Waals surface area contributed by atoms with Crippen molar-refractivity contribution in [2.45, 2.75) is 25.0 Å². The second kappa shape index (κ2) is 9.73. The highest BCUT2D eigenvalue weighted by atomic mass is 32.2. The number of aromatic nitrogens is 2. The van der Waals surface area contributed by atoms with E-state index < -0.39 is 11.9 Å². The molecule has 0 spiro atoms. The highest BCUT2D eigenvalue weighted by Crippen LogP contribution is 2.32. The average molecular weight is 455 g/mol. The van der Waals surface area contributed by atoms with Gasteiger partial charge in [-0.05, 0) is 30.7 Å². The quantitative estimate of drug-likeness (QED) is 0.435. The molecule has 0 saturated carbocycles. The lowest BCUT2D eigenvalue weighted by Gasteiger charge is -2.19. The van der Waals surface area contributed by atoms with E-state index in [9.17, 15) is 14.4 Å². The van der Waals surface area contributed by atoms with Gasteiger partial charge in [0.2, 0.25) is 5.91 Å². The number of rotatable bonds is 6. The van der Waals surface area contributed by atoms with Crippen molar-refractivity contribution in [3.8, 4) is 11.5 Å². The molecule has 0 aliphatic carbocycles. The molecule has 3 aromatic rings. The molecule has 2 aromatic carbocycles. The summed E-state index contributed by atoms with van der Waals surface area (Å²) in [7, 11) is 0. The maximum atomic E-state index is 12.8. The van der Waals surface area contributed by atoms with Crippen molar-refractivity contribution >= 4 is 40.3 Å². The van der Waals surface area contributed by atoms with Crippen LogP contribution in [0.15, 0.2) is 52.4 Å². The summed E-state index contributed by atoms with van der Waals surface area (Å²) in [6, 6.07) is 11.4. The van der Waals surface area contributed by atoms with Crippen LogP contribution in [0.1, 0.15) is 13.3 Å². The van der Waals surface area contributed by atoms with Crippen LogP contribution < -0.4 is 25.7 Å². The zero-order valence-electron chi connectivity index (χ0n) is 17.4. The number of hydrogen-bond acceptors (Lipinski definition) is 7. The van der Waals surface area contributed by atoms with Crippen LogP contribution in [0, 0.1) is 0 Å². The predicted molar refractivity (Wildman–Crippen MR) is 122 cm³/mol. The van der Waals surface area contributed by atoms with Crippen LogP contribution in [0.2, 0.25) is 0 Å². The number of carbonyl (C=O) groups excluding carboxylic acids is 2. The van der Waals surface area contributed by atoms with Gasteiger partial charge in [-0.15, -0.1) is 0 Å². The SMILES string of the molecule is CCCn1c(SCC(=O)NC(=O)Nc2ccc3c(c2)OCCO3)nc2ccccc2c1=O. The Morgan fingerprint density at radius 1 is 1.12 bits per heavy atom. The van der Waals surface area contributed by atoms with Crippen molar-refractivity contribution in [2.24, 2.45) is 0 Å². The number of carbonyl (C=O) groups is 2. The number of amides is 3. The Hall–Kier alpha value is -3.53. The Kier molecular flexibility index (Phi) is 6.60. The van der Waals surface area contributed by atoms with E-state index in [1.54, 1.807) is 41.0 Å². The van der Waals surface area contributed by atoms with E-state index in [1.807, 2.05) is 13.0 Å². The molecule has 2 N–H and O–H groups in total. The van der Waals surface area contributed by atoms with E-state index in [0.29, 0.717) is 53.0 Å². The van der Waals surface area contributed by atoms with Gasteiger partial charge in [-0.25, -0.2) is 9.78 Å². The van der Waals surface area contributed by atoms with Gasteiger partial charge in [0, 0.05) is 18.3 Å². The number of thioether (sulfide) groups is 1. The van der Waals surface area contributed by atoms with Crippen LogP contribution in [-0.2, 0) is 11.3 Å². The average Bonchev–Trinajstić information content (AvgIpc) is 2.79. The third-order valence-electron chi connectivity index (χ3n) is 4.66. The second-order valence-electron chi connectivity index (χ2n) is 7.02. The Morgan fingerprint density at radius 3 is 2.72 bits per heavy atom. The third kappa shape index (κ3) is 4.86. The van der Waals surface area contributed by atoms with Gasteiger partial charge in [-0.1, -0.05) is 30.8 Å². The van der Waals surface area contributed by atoms with Crippen molar-refractivity contribution < 1.29 is 19.1 Å². The summed E-state index contributed by atoms with van der Waals surface area (Å²) in [5, 5.41) is 5.86. The monoisotopic (exact) mass is 454 g/mol. The summed E-state index contributed by atoms with van der Waals surface area (Å²) < 4.78 is 12.5. The minimum absolute atomic E-state index is 0.0664. The molecule has 9 nitrogen and oxygen atoms in total. The number of nitrogens with zero attached hydrogens (tertiary/aromatic N) is 2. The van der Waals surface area contributed by atoms with Gasteiger partial charge in [-0.2, -0.15) is 0 Å². The van der Waals surface area contributed by atoms with E-state index in [1.165, 1.54) is 0 Å². The summed E-state index contributed by atoms with van der Waals surface area (Å²) in [5.41, 5.74) is 0.904. The molecule has 4 rings (SSSR count). The minimum Gasteiger partial charge on any atom is -0.486 e. The number of urea groups is 1. The van der Waals surface area contributed by atoms with Gasteiger partial charge in [0.05, 0.1) is 16.7 Å². The fourth-order valence-electron chi connectivity index (χ4n) is 3.25. The Balaban J connectivity index is 1.39. The van der Waals surface area contributed by atoms with Gasteiger partial charge in [0.25, 0.3) is 5.56 Å². The zero-order chi connectivity index (χ0) is 22.5. The fourth-order valence-corrected chi connectivity index (χ4v) is 4.08. The molecule has 3 amide bonds. The van der Waals surface area contributed by atoms with Gasteiger partial charge in [-0.3, -0.25) is 19.5 Å². The number of nitrogens with one attached hydrogen (secondary N) is 2. The molecule has 32 heavy (non-hydrogen) atoms. The lowest BCUT2D eigenvalue weighted by Crippen LogP contribution is -2.35. The van der Waals surface area contributed by atoms with Crippen LogP contribution >= 0.6 is 11.8 Å². The second-order valence-corrected chi connectivity index (χ2v) is 7.96. The first-order chi connectivity index (χ1) is 15.5. The molecule has 0 unspecified atom stereocenters. The molecule has 1 aromatic heterocycles. The number of benzene rings is 2. The van der Waals surface area contributed by atoms with Gasteiger partial charge in [0.1, 0.15) is 13.2 Å². The molecular formula is C22H22N4O5S. The summed E-state index contributed by atoms with van der Waals surface area (Å²) in [6.07, 6.45) is 0.748. The first kappa shape index (κ1) is 21.7. The molecule has 0 fully saturated rings. The van der Waals surface area contributed by atoms with E-state index in [4.69, 9.17) is 9.47 Å². The molecule has 1 aliphatic rings. The van der Waals surface area contributed by atoms with Crippen LogP contribution in [0.25, 0.3) is 10.9 Å². The van der Waals surface area contributed by atoms with Crippen LogP contribution in [0.4, 0.5) is 10.5 Å². The first-order valence-corrected chi connectivity index (χ1v) is 11.2. The normalized spacial score (nSPS) is 12.4. The van der Waals surface area contributed by atoms with Gasteiger partial charge < -0.3 is 14.8 Å². The molecule has 1 aliphatic heterocycles. The summed E-state index contributed by atoms with van der Waals surface area (Å²) in [4.78, 5) is 41.8. The number of para-hydroxylation sites is 1. The molecule has 2 heterocycles. The maximum Gasteiger partial charge on any atom is 0.325 e. The Morgan fingerprint density at radius 2 is 1.91 bits per heavy atom. The lowest BCUT2D eigenvalue weighted by molar-refractivity contribution is -0.117. The van der Waals surface area contributed by atoms with E-state index in [-0.39, 0.29) is 11.3 Å². The smallest absolute Gasteiger partial charge is 0.325 e. The van der Waals surface area contributed by atoms with Crippen molar-refractivity contribution in [3.63, 3.8) is 0 Å². The molecular weight excluding hydrogens is 432 g/mol. The zero-order valence-corrected chi connectivity index (χ0v) is 18.2. The van der Waals surface area contributed by atoms with Crippen molar-refractivity contribution in [2.75, 3.05) is 24.3 Å². The van der Waals surface area contributed by atoms with Crippen LogP contribution in [-0.4, -0.2) is 40.5 Å². The molecule has 0 radical (unpaired) electrons. The van der Waals surface area contributed by atoms with E-state index in [2.05, 4.69) is 15.6 Å². The summed E-state index contributed by atoms with van der Waals surface area (Å²) >= 11 is 1.11. The van der Waals surface area contributed by atoms with Crippen LogP contribution in [0.5, 0.6) is 11.5 Å². The lowest BCUT2D eigenvalue weighted by atomic mass is 10.2. The number of ether oxygens (including phenoxy) is 2. The van der Waals surface area contributed by atoms with Crippen LogP contribution in [0.3, 0.4) is 0 Å². The summed E-state index contributed by atoms with van der Waals surface area (Å²) in [6.45, 7) is 3.37. The number of imide groups is 1. The van der Waals surface area contributed by atoms with Gasteiger partial charge in [0.15, 0.2) is 16.7 Å². The standard InChI is InChI=1S/C22H22N4O5S/c1-2-9-26-20(28)15-5-3-4-6-16(15)24-22(26)32-13-19(27)25-21(29)23-14-7-8-17-18(12-14)31-11-10-30-17/h3-8,12H,2,9-11,13H2,1H3,(H2,23,25,27,29). The molecule has 0 saturated heterocycles. The topological polar surface area (TPSA) is 112 Å².